The molecule has 1 aliphatic carbocycles. The van der Waals surface area contributed by atoms with Gasteiger partial charge in [0.05, 0.1) is 13.2 Å². The lowest BCUT2D eigenvalue weighted by atomic mass is 9.85. The lowest BCUT2D eigenvalue weighted by molar-refractivity contribution is 0.0986. The zero-order valence-corrected chi connectivity index (χ0v) is 17.0. The Labute approximate surface area is 160 Å². The monoisotopic (exact) mass is 409 g/mol. The number of halogens is 1. The third-order valence-electron chi connectivity index (χ3n) is 6.14. The minimum absolute atomic E-state index is 0.0251. The molecule has 3 nitrogen and oxygen atoms in total. The summed E-state index contributed by atoms with van der Waals surface area (Å²) < 4.78 is 6.57. The van der Waals surface area contributed by atoms with E-state index in [2.05, 4.69) is 33.0 Å². The highest BCUT2D eigenvalue weighted by Crippen LogP contribution is 2.30. The van der Waals surface area contributed by atoms with Gasteiger partial charge in [-0.05, 0) is 107 Å². The number of methoxy groups -OCH3 is 1. The second kappa shape index (κ2) is 9.38. The molecule has 0 aromatic heterocycles. The van der Waals surface area contributed by atoms with Crippen LogP contribution in [-0.4, -0.2) is 42.9 Å². The van der Waals surface area contributed by atoms with Crippen LogP contribution in [0.3, 0.4) is 0 Å². The van der Waals surface area contributed by atoms with Gasteiger partial charge in [0.2, 0.25) is 0 Å². The van der Waals surface area contributed by atoms with Gasteiger partial charge in [0.15, 0.2) is 0 Å². The van der Waals surface area contributed by atoms with Crippen molar-refractivity contribution in [1.82, 2.24) is 4.90 Å². The maximum Gasteiger partial charge on any atom is 0.119 e. The highest BCUT2D eigenvalue weighted by atomic mass is 79.9. The van der Waals surface area contributed by atoms with Crippen molar-refractivity contribution in [3.63, 3.8) is 0 Å². The van der Waals surface area contributed by atoms with Crippen molar-refractivity contribution in [2.75, 3.05) is 26.7 Å². The van der Waals surface area contributed by atoms with Crippen molar-refractivity contribution in [3.8, 4) is 5.75 Å². The summed E-state index contributed by atoms with van der Waals surface area (Å²) in [4.78, 5) is 2.65. The third kappa shape index (κ3) is 5.70. The number of piperidine rings is 1. The molecule has 2 fully saturated rings. The van der Waals surface area contributed by atoms with Crippen molar-refractivity contribution in [2.45, 2.75) is 57.5 Å². The number of aliphatic hydroxyl groups is 1. The van der Waals surface area contributed by atoms with Gasteiger partial charge in [0.1, 0.15) is 5.75 Å². The molecule has 1 aliphatic heterocycles. The molecule has 1 aromatic rings. The second-order valence-electron chi connectivity index (χ2n) is 7.91. The van der Waals surface area contributed by atoms with Gasteiger partial charge < -0.3 is 14.7 Å². The van der Waals surface area contributed by atoms with Crippen LogP contribution in [0.25, 0.3) is 0 Å². The Kier molecular flexibility index (Phi) is 7.20. The first-order valence-corrected chi connectivity index (χ1v) is 10.7. The van der Waals surface area contributed by atoms with Crippen molar-refractivity contribution in [3.05, 3.63) is 28.2 Å². The molecule has 1 heterocycles. The van der Waals surface area contributed by atoms with Crippen molar-refractivity contribution in [2.24, 2.45) is 11.8 Å². The van der Waals surface area contributed by atoms with Crippen molar-refractivity contribution in [1.29, 1.82) is 0 Å². The average molecular weight is 410 g/mol. The summed E-state index contributed by atoms with van der Waals surface area (Å²) in [5.74, 6) is 2.58. The fraction of sp³-hybridized carbons (Fsp3) is 0.714. The predicted octanol–water partition coefficient (Wildman–Crippen LogP) is 4.65. The van der Waals surface area contributed by atoms with Gasteiger partial charge in [-0.25, -0.2) is 0 Å². The van der Waals surface area contributed by atoms with Crippen LogP contribution in [0.15, 0.2) is 22.7 Å². The standard InChI is InChI=1S/C21H32BrNO2/c1-25-20-6-7-21(22)18(15-20)14-17-9-12-23(13-10-17)11-8-16-2-4-19(24)5-3-16/h6-7,15-17,19,24H,2-5,8-14H2,1H3. The average Bonchev–Trinajstić information content (AvgIpc) is 2.64. The quantitative estimate of drug-likeness (QED) is 0.741. The molecule has 25 heavy (non-hydrogen) atoms. The zero-order valence-electron chi connectivity index (χ0n) is 15.4. The Bertz CT molecular complexity index is 535. The molecule has 1 N–H and O–H groups in total. The number of rotatable bonds is 6. The predicted molar refractivity (Wildman–Crippen MR) is 106 cm³/mol. The van der Waals surface area contributed by atoms with Gasteiger partial charge in [0, 0.05) is 4.47 Å². The molecule has 0 bridgehead atoms. The van der Waals surface area contributed by atoms with E-state index in [9.17, 15) is 5.11 Å². The second-order valence-corrected chi connectivity index (χ2v) is 8.76. The number of ether oxygens (including phenoxy) is 1. The van der Waals surface area contributed by atoms with E-state index in [0.717, 1.165) is 36.8 Å². The summed E-state index contributed by atoms with van der Waals surface area (Å²) >= 11 is 3.69. The molecule has 1 aromatic carbocycles. The normalized spacial score (nSPS) is 25.9. The number of hydrogen-bond acceptors (Lipinski definition) is 3. The maximum atomic E-state index is 9.62. The Morgan fingerprint density at radius 3 is 2.48 bits per heavy atom. The van der Waals surface area contributed by atoms with E-state index >= 15 is 0 Å². The molecular formula is C21H32BrNO2. The molecule has 4 heteroatoms. The first-order valence-electron chi connectivity index (χ1n) is 9.87. The molecule has 0 amide bonds. The first-order chi connectivity index (χ1) is 12.1. The summed E-state index contributed by atoms with van der Waals surface area (Å²) in [6, 6.07) is 6.29. The van der Waals surface area contributed by atoms with Gasteiger partial charge in [-0.15, -0.1) is 0 Å². The van der Waals surface area contributed by atoms with E-state index < -0.39 is 0 Å². The van der Waals surface area contributed by atoms with E-state index in [-0.39, 0.29) is 6.10 Å². The van der Waals surface area contributed by atoms with E-state index in [4.69, 9.17) is 4.74 Å². The van der Waals surface area contributed by atoms with Crippen LogP contribution < -0.4 is 4.74 Å². The van der Waals surface area contributed by atoms with Crippen LogP contribution in [0, 0.1) is 11.8 Å². The van der Waals surface area contributed by atoms with Crippen molar-refractivity contribution >= 4 is 15.9 Å². The number of benzene rings is 1. The number of likely N-dealkylation sites (tertiary alicyclic amines) is 1. The van der Waals surface area contributed by atoms with E-state index in [1.54, 1.807) is 7.11 Å². The van der Waals surface area contributed by atoms with Gasteiger partial charge in [-0.1, -0.05) is 15.9 Å². The molecule has 0 radical (unpaired) electrons. The minimum atomic E-state index is -0.0251. The molecule has 0 unspecified atom stereocenters. The molecule has 1 saturated carbocycles. The van der Waals surface area contributed by atoms with E-state index in [1.165, 1.54) is 61.8 Å². The van der Waals surface area contributed by atoms with Gasteiger partial charge in [-0.3, -0.25) is 0 Å². The highest BCUT2D eigenvalue weighted by Gasteiger charge is 2.23. The Balaban J connectivity index is 1.40. The van der Waals surface area contributed by atoms with Crippen LogP contribution >= 0.6 is 15.9 Å². The Hall–Kier alpha value is -0.580. The van der Waals surface area contributed by atoms with Gasteiger partial charge >= 0.3 is 0 Å². The smallest absolute Gasteiger partial charge is 0.119 e. The van der Waals surface area contributed by atoms with Gasteiger partial charge in [0.25, 0.3) is 0 Å². The summed E-state index contributed by atoms with van der Waals surface area (Å²) in [7, 11) is 1.73. The third-order valence-corrected chi connectivity index (χ3v) is 6.91. The van der Waals surface area contributed by atoms with Crippen LogP contribution in [0.2, 0.25) is 0 Å². The molecule has 3 rings (SSSR count). The largest absolute Gasteiger partial charge is 0.497 e. The van der Waals surface area contributed by atoms with Crippen LogP contribution in [0.4, 0.5) is 0 Å². The zero-order chi connectivity index (χ0) is 17.6. The summed E-state index contributed by atoms with van der Waals surface area (Å²) in [6.45, 7) is 3.72. The fourth-order valence-corrected chi connectivity index (χ4v) is 4.77. The molecule has 0 spiro atoms. The molecule has 1 saturated heterocycles. The number of aliphatic hydroxyl groups excluding tert-OH is 1. The lowest BCUT2D eigenvalue weighted by Gasteiger charge is -2.34. The first kappa shape index (κ1) is 19.2. The lowest BCUT2D eigenvalue weighted by Crippen LogP contribution is -2.36. The number of nitrogens with zero attached hydrogens (tertiary/aromatic N) is 1. The molecular weight excluding hydrogens is 378 g/mol. The summed E-state index contributed by atoms with van der Waals surface area (Å²) in [6.07, 6.45) is 9.51. The fourth-order valence-electron chi connectivity index (χ4n) is 4.36. The Morgan fingerprint density at radius 2 is 1.80 bits per heavy atom. The molecule has 140 valence electrons. The molecule has 2 aliphatic rings. The minimum Gasteiger partial charge on any atom is -0.497 e. The van der Waals surface area contributed by atoms with Crippen LogP contribution in [0.1, 0.15) is 50.5 Å². The summed E-state index contributed by atoms with van der Waals surface area (Å²) in [5.41, 5.74) is 1.37. The maximum absolute atomic E-state index is 9.62. The molecule has 0 atom stereocenters. The van der Waals surface area contributed by atoms with Crippen molar-refractivity contribution < 1.29 is 9.84 Å². The van der Waals surface area contributed by atoms with Crippen LogP contribution in [0.5, 0.6) is 5.75 Å². The highest BCUT2D eigenvalue weighted by molar-refractivity contribution is 9.10. The van der Waals surface area contributed by atoms with E-state index in [1.807, 2.05) is 6.07 Å². The van der Waals surface area contributed by atoms with E-state index in [0.29, 0.717) is 0 Å². The Morgan fingerprint density at radius 1 is 1.08 bits per heavy atom. The van der Waals surface area contributed by atoms with Crippen LogP contribution in [-0.2, 0) is 6.42 Å². The summed E-state index contributed by atoms with van der Waals surface area (Å²) in [5, 5.41) is 9.62. The van der Waals surface area contributed by atoms with Gasteiger partial charge in [-0.2, -0.15) is 0 Å². The topological polar surface area (TPSA) is 32.7 Å². The SMILES string of the molecule is COc1ccc(Br)c(CC2CCN(CCC3CCC(O)CC3)CC2)c1. The number of hydrogen-bond donors (Lipinski definition) is 1.